The van der Waals surface area contributed by atoms with Crippen molar-refractivity contribution in [2.45, 2.75) is 61.0 Å². The Morgan fingerprint density at radius 1 is 1.07 bits per heavy atom. The highest BCUT2D eigenvalue weighted by Crippen LogP contribution is 2.39. The zero-order valence-corrected chi connectivity index (χ0v) is 26.5. The van der Waals surface area contributed by atoms with E-state index in [2.05, 4.69) is 15.4 Å². The number of nitrogens with one attached hydrogen (secondary N) is 3. The molecule has 0 aliphatic carbocycles. The van der Waals surface area contributed by atoms with Crippen molar-refractivity contribution in [3.05, 3.63) is 83.4 Å². The predicted octanol–water partition coefficient (Wildman–Crippen LogP) is 2.08. The zero-order valence-electron chi connectivity index (χ0n) is 24.9. The number of rotatable bonds is 11. The monoisotopic (exact) mass is 687 g/mol. The van der Waals surface area contributed by atoms with E-state index in [-0.39, 0.29) is 31.0 Å². The van der Waals surface area contributed by atoms with E-state index >= 15 is 0 Å². The van der Waals surface area contributed by atoms with Crippen LogP contribution in [0, 0.1) is 0 Å². The highest BCUT2D eigenvalue weighted by Gasteiger charge is 2.40. The molecule has 3 aromatic carbocycles. The fourth-order valence-corrected chi connectivity index (χ4v) is 6.45. The Morgan fingerprint density at radius 3 is 2.24 bits per heavy atom. The molecular weight excluding hydrogens is 651 g/mol. The first-order valence-corrected chi connectivity index (χ1v) is 16.9. The third-order valence-electron chi connectivity index (χ3n) is 6.40. The zero-order chi connectivity index (χ0) is 34.3. The molecule has 0 saturated heterocycles. The molecule has 1 aliphatic heterocycles. The molecule has 1 heterocycles. The maximum absolute atomic E-state index is 13.3. The summed E-state index contributed by atoms with van der Waals surface area (Å²) in [4.78, 5) is 8.82. The molecule has 46 heavy (non-hydrogen) atoms. The van der Waals surface area contributed by atoms with E-state index < -0.39 is 53.8 Å². The van der Waals surface area contributed by atoms with Gasteiger partial charge < -0.3 is 26.2 Å². The molecule has 12 nitrogen and oxygen atoms in total. The lowest BCUT2D eigenvalue weighted by molar-refractivity contribution is -0.139. The maximum atomic E-state index is 13.3. The van der Waals surface area contributed by atoms with Crippen molar-refractivity contribution in [3.63, 3.8) is 0 Å². The molecule has 0 fully saturated rings. The minimum Gasteiger partial charge on any atom is -0.491 e. The Balaban J connectivity index is 0.000000268. The number of aliphatic hydroxyl groups is 1. The lowest BCUT2D eigenvalue weighted by Crippen LogP contribution is -2.46. The maximum Gasteiger partial charge on any atom is 0.417 e. The summed E-state index contributed by atoms with van der Waals surface area (Å²) in [6, 6.07) is 17.0. The van der Waals surface area contributed by atoms with E-state index in [4.69, 9.17) is 15.6 Å². The average molecular weight is 688 g/mol. The van der Waals surface area contributed by atoms with E-state index in [1.807, 2.05) is 13.8 Å². The van der Waals surface area contributed by atoms with E-state index in [9.17, 15) is 39.9 Å². The Kier molecular flexibility index (Phi) is 12.2. The number of sulfonamides is 2. The van der Waals surface area contributed by atoms with Crippen LogP contribution < -0.4 is 31.0 Å². The van der Waals surface area contributed by atoms with Crippen LogP contribution in [0.2, 0.25) is 0 Å². The third kappa shape index (κ3) is 11.0. The molecule has 17 heteroatoms. The summed E-state index contributed by atoms with van der Waals surface area (Å²) >= 11 is 0. The molecule has 1 amide bonds. The molecule has 0 radical (unpaired) electrons. The Labute approximate surface area is 265 Å². The molecule has 0 bridgehead atoms. The van der Waals surface area contributed by atoms with Crippen LogP contribution >= 0.6 is 0 Å². The third-order valence-corrected chi connectivity index (χ3v) is 8.86. The summed E-state index contributed by atoms with van der Waals surface area (Å²) in [6.45, 7) is 4.77. The number of benzene rings is 3. The number of aliphatic hydroxyl groups excluding tert-OH is 1. The van der Waals surface area contributed by atoms with Gasteiger partial charge in [-0.1, -0.05) is 56.3 Å². The fraction of sp³-hybridized carbons (Fsp3) is 0.345. The minimum absolute atomic E-state index is 0.164. The SMILES string of the molecule is CC(C)NCC(O)COc1ccc(CC(N)=O)cc1.NS(=O)(=O)c1cc2c(cc1C(F)(F)F)NC(Cc1ccccc1)NS2(=O)=O. The summed E-state index contributed by atoms with van der Waals surface area (Å²) < 4.78 is 95.5. The van der Waals surface area contributed by atoms with Gasteiger partial charge in [0.1, 0.15) is 23.4 Å². The number of hydrogen-bond donors (Lipinski definition) is 6. The highest BCUT2D eigenvalue weighted by atomic mass is 32.2. The van der Waals surface area contributed by atoms with Crippen LogP contribution in [0.15, 0.2) is 76.5 Å². The van der Waals surface area contributed by atoms with Gasteiger partial charge in [0.2, 0.25) is 26.0 Å². The van der Waals surface area contributed by atoms with Crippen molar-refractivity contribution >= 4 is 31.6 Å². The van der Waals surface area contributed by atoms with Gasteiger partial charge in [-0.15, -0.1) is 0 Å². The quantitative estimate of drug-likeness (QED) is 0.174. The Bertz CT molecular complexity index is 1710. The largest absolute Gasteiger partial charge is 0.491 e. The molecule has 2 atom stereocenters. The van der Waals surface area contributed by atoms with Crippen molar-refractivity contribution in [1.29, 1.82) is 0 Å². The van der Waals surface area contributed by atoms with E-state index in [1.165, 1.54) is 0 Å². The Hall–Kier alpha value is -3.74. The van der Waals surface area contributed by atoms with Gasteiger partial charge in [0.25, 0.3) is 0 Å². The van der Waals surface area contributed by atoms with E-state index in [0.29, 0.717) is 30.5 Å². The van der Waals surface area contributed by atoms with Gasteiger partial charge >= 0.3 is 6.18 Å². The number of carbonyl (C=O) groups is 1. The minimum atomic E-state index is -5.04. The number of alkyl halides is 3. The van der Waals surface area contributed by atoms with Gasteiger partial charge in [-0.2, -0.15) is 17.9 Å². The van der Waals surface area contributed by atoms with Crippen LogP contribution in [-0.4, -0.2) is 59.3 Å². The van der Waals surface area contributed by atoms with Crippen molar-refractivity contribution < 1.29 is 44.6 Å². The molecule has 3 aromatic rings. The first-order chi connectivity index (χ1) is 21.3. The lowest BCUT2D eigenvalue weighted by Gasteiger charge is -2.29. The standard InChI is InChI=1S/C15H14F3N3O4S2.C14H22N2O3/c16-15(17,18)10-7-11-13(8-12(10)26(19,22)23)27(24,25)21-14(20-11)6-9-4-2-1-3-5-9;1-10(2)16-8-12(17)9-19-13-5-3-11(4-6-13)7-14(15)18/h1-5,7-8,14,20-21H,6H2,(H2,19,22,23);3-6,10,12,16-17H,7-9H2,1-2H3,(H2,15,18). The Morgan fingerprint density at radius 2 is 1.70 bits per heavy atom. The normalized spacial score (nSPS) is 16.4. The van der Waals surface area contributed by atoms with E-state index in [0.717, 1.165) is 11.1 Å². The van der Waals surface area contributed by atoms with Gasteiger partial charge in [0, 0.05) is 19.0 Å². The van der Waals surface area contributed by atoms with Crippen molar-refractivity contribution in [1.82, 2.24) is 10.0 Å². The first-order valence-electron chi connectivity index (χ1n) is 13.9. The van der Waals surface area contributed by atoms with Crippen LogP contribution in [-0.2, 0) is 43.9 Å². The number of ether oxygens (including phenoxy) is 1. The van der Waals surface area contributed by atoms with Crippen LogP contribution in [0.4, 0.5) is 18.9 Å². The van der Waals surface area contributed by atoms with Crippen LogP contribution in [0.3, 0.4) is 0 Å². The van der Waals surface area contributed by atoms with Crippen molar-refractivity contribution in [2.75, 3.05) is 18.5 Å². The molecule has 0 saturated carbocycles. The second-order valence-electron chi connectivity index (χ2n) is 10.7. The van der Waals surface area contributed by atoms with E-state index in [1.54, 1.807) is 54.6 Å². The van der Waals surface area contributed by atoms with Crippen LogP contribution in [0.25, 0.3) is 0 Å². The van der Waals surface area contributed by atoms with Gasteiger partial charge in [0.15, 0.2) is 0 Å². The summed E-state index contributed by atoms with van der Waals surface area (Å²) in [5.41, 5.74) is 4.82. The number of fused-ring (bicyclic) bond motifs is 1. The lowest BCUT2D eigenvalue weighted by atomic mass is 10.1. The number of hydrogen-bond acceptors (Lipinski definition) is 9. The number of primary amides is 1. The number of halogens is 3. The molecule has 2 unspecified atom stereocenters. The summed E-state index contributed by atoms with van der Waals surface area (Å²) in [7, 11) is -9.06. The number of primary sulfonamides is 1. The van der Waals surface area contributed by atoms with Gasteiger partial charge in [-0.3, -0.25) is 4.79 Å². The number of nitrogens with two attached hydrogens (primary N) is 2. The predicted molar refractivity (Wildman–Crippen MR) is 165 cm³/mol. The average Bonchev–Trinajstić information content (AvgIpc) is 2.94. The van der Waals surface area contributed by atoms with Gasteiger partial charge in [0.05, 0.1) is 28.7 Å². The van der Waals surface area contributed by atoms with Gasteiger partial charge in [-0.05, 0) is 35.4 Å². The fourth-order valence-electron chi connectivity index (χ4n) is 4.29. The molecule has 1 aliphatic rings. The van der Waals surface area contributed by atoms with Crippen LogP contribution in [0.1, 0.15) is 30.5 Å². The summed E-state index contributed by atoms with van der Waals surface area (Å²) in [5.74, 6) is 0.306. The molecule has 8 N–H and O–H groups in total. The second kappa shape index (κ2) is 15.2. The van der Waals surface area contributed by atoms with Crippen molar-refractivity contribution in [2.24, 2.45) is 10.9 Å². The second-order valence-corrected chi connectivity index (χ2v) is 13.9. The van der Waals surface area contributed by atoms with Gasteiger partial charge in [-0.25, -0.2) is 22.0 Å². The molecule has 0 aromatic heterocycles. The number of anilines is 1. The number of amides is 1. The van der Waals surface area contributed by atoms with Crippen LogP contribution in [0.5, 0.6) is 5.75 Å². The topological polar surface area (TPSA) is 203 Å². The molecular formula is C29H36F3N5O7S2. The smallest absolute Gasteiger partial charge is 0.417 e. The highest BCUT2D eigenvalue weighted by molar-refractivity contribution is 7.90. The molecule has 0 spiro atoms. The number of carbonyl (C=O) groups excluding carboxylic acids is 1. The van der Waals surface area contributed by atoms with Crippen molar-refractivity contribution in [3.8, 4) is 5.75 Å². The summed E-state index contributed by atoms with van der Waals surface area (Å²) in [6.07, 6.45) is -6.11. The molecule has 4 rings (SSSR count). The summed E-state index contributed by atoms with van der Waals surface area (Å²) in [5, 5.41) is 20.3. The first kappa shape index (κ1) is 36.7. The molecule has 252 valence electrons.